The van der Waals surface area contributed by atoms with E-state index in [1.165, 1.54) is 16.5 Å². The average Bonchev–Trinajstić information content (AvgIpc) is 3.09. The summed E-state index contributed by atoms with van der Waals surface area (Å²) in [7, 11) is 0. The van der Waals surface area contributed by atoms with Gasteiger partial charge in [-0.25, -0.2) is 4.79 Å². The molecule has 1 aliphatic rings. The molecule has 0 aliphatic carbocycles. The first kappa shape index (κ1) is 15.9. The fourth-order valence-electron chi connectivity index (χ4n) is 3.21. The molecule has 5 nitrogen and oxygen atoms in total. The highest BCUT2D eigenvalue weighted by molar-refractivity contribution is 7.10. The number of ether oxygens (including phenoxy) is 1. The van der Waals surface area contributed by atoms with Crippen molar-refractivity contribution in [3.8, 4) is 5.75 Å². The number of fused-ring (bicyclic) bond motifs is 2. The van der Waals surface area contributed by atoms with Crippen LogP contribution in [0.15, 0.2) is 51.0 Å². The summed E-state index contributed by atoms with van der Waals surface area (Å²) < 4.78 is 10.8. The molecule has 1 aromatic carbocycles. The number of amides is 1. The van der Waals surface area contributed by atoms with Crippen molar-refractivity contribution >= 4 is 28.2 Å². The van der Waals surface area contributed by atoms with Gasteiger partial charge >= 0.3 is 5.63 Å². The van der Waals surface area contributed by atoms with Crippen molar-refractivity contribution in [1.29, 1.82) is 0 Å². The smallest absolute Gasteiger partial charge is 0.336 e. The number of hydrogen-bond acceptors (Lipinski definition) is 5. The van der Waals surface area contributed by atoms with Crippen LogP contribution in [0.2, 0.25) is 0 Å². The van der Waals surface area contributed by atoms with Crippen LogP contribution in [-0.4, -0.2) is 24.0 Å². The summed E-state index contributed by atoms with van der Waals surface area (Å²) in [6, 6.07) is 10.5. The molecule has 1 aliphatic heterocycles. The Hall–Kier alpha value is -2.60. The number of carbonyl (C=O) groups is 1. The van der Waals surface area contributed by atoms with E-state index in [4.69, 9.17) is 9.15 Å². The van der Waals surface area contributed by atoms with Gasteiger partial charge in [0.15, 0.2) is 6.61 Å². The zero-order valence-electron chi connectivity index (χ0n) is 13.7. The molecule has 3 heterocycles. The highest BCUT2D eigenvalue weighted by Gasteiger charge is 2.28. The van der Waals surface area contributed by atoms with Crippen molar-refractivity contribution in [2.24, 2.45) is 0 Å². The number of thiophene rings is 1. The zero-order valence-corrected chi connectivity index (χ0v) is 14.5. The number of rotatable bonds is 3. The highest BCUT2D eigenvalue weighted by Crippen LogP contribution is 2.32. The zero-order chi connectivity index (χ0) is 17.4. The Labute approximate surface area is 148 Å². The molecule has 1 unspecified atom stereocenters. The summed E-state index contributed by atoms with van der Waals surface area (Å²) in [5, 5.41) is 2.89. The second kappa shape index (κ2) is 6.37. The molecule has 3 aromatic rings. The normalized spacial score (nSPS) is 16.7. The van der Waals surface area contributed by atoms with Gasteiger partial charge in [-0.15, -0.1) is 11.3 Å². The molecule has 0 saturated carbocycles. The van der Waals surface area contributed by atoms with Gasteiger partial charge in [0.25, 0.3) is 5.91 Å². The first-order chi connectivity index (χ1) is 12.1. The maximum absolute atomic E-state index is 12.6. The van der Waals surface area contributed by atoms with Gasteiger partial charge in [-0.2, -0.15) is 0 Å². The molecule has 0 fully saturated rings. The Kier molecular flexibility index (Phi) is 4.05. The molecule has 0 saturated heterocycles. The fraction of sp³-hybridized carbons (Fsp3) is 0.263. The van der Waals surface area contributed by atoms with Gasteiger partial charge in [-0.05, 0) is 48.6 Å². The topological polar surface area (TPSA) is 59.8 Å². The van der Waals surface area contributed by atoms with Gasteiger partial charge < -0.3 is 14.1 Å². The van der Waals surface area contributed by atoms with Gasteiger partial charge in [-0.3, -0.25) is 4.79 Å². The van der Waals surface area contributed by atoms with E-state index in [1.54, 1.807) is 35.6 Å². The number of nitrogens with zero attached hydrogens (tertiary/aromatic N) is 1. The molecule has 1 amide bonds. The Balaban J connectivity index is 1.46. The van der Waals surface area contributed by atoms with E-state index >= 15 is 0 Å². The highest BCUT2D eigenvalue weighted by atomic mass is 32.1. The third-order valence-electron chi connectivity index (χ3n) is 4.55. The van der Waals surface area contributed by atoms with Crippen LogP contribution in [0.4, 0.5) is 0 Å². The van der Waals surface area contributed by atoms with Crippen LogP contribution in [0, 0.1) is 0 Å². The van der Waals surface area contributed by atoms with E-state index in [2.05, 4.69) is 11.4 Å². The van der Waals surface area contributed by atoms with Crippen LogP contribution in [0.5, 0.6) is 5.75 Å². The number of benzene rings is 1. The maximum Gasteiger partial charge on any atom is 0.336 e. The lowest BCUT2D eigenvalue weighted by Gasteiger charge is -2.33. The quantitative estimate of drug-likeness (QED) is 0.676. The van der Waals surface area contributed by atoms with Crippen LogP contribution in [0.3, 0.4) is 0 Å². The van der Waals surface area contributed by atoms with Gasteiger partial charge in [0.05, 0.1) is 6.04 Å². The lowest BCUT2D eigenvalue weighted by molar-refractivity contribution is -0.135. The second-order valence-corrected chi connectivity index (χ2v) is 7.06. The molecule has 0 bridgehead atoms. The molecule has 2 aromatic heterocycles. The van der Waals surface area contributed by atoms with E-state index in [0.29, 0.717) is 17.9 Å². The Morgan fingerprint density at radius 1 is 1.32 bits per heavy atom. The van der Waals surface area contributed by atoms with Gasteiger partial charge in [0.1, 0.15) is 11.3 Å². The lowest BCUT2D eigenvalue weighted by atomic mass is 10.0. The third-order valence-corrected chi connectivity index (χ3v) is 5.55. The van der Waals surface area contributed by atoms with E-state index in [0.717, 1.165) is 11.8 Å². The second-order valence-electron chi connectivity index (χ2n) is 6.05. The number of carbonyl (C=O) groups excluding carboxylic acids is 1. The van der Waals surface area contributed by atoms with Crippen molar-refractivity contribution in [3.63, 3.8) is 0 Å². The van der Waals surface area contributed by atoms with E-state index in [9.17, 15) is 9.59 Å². The summed E-state index contributed by atoms with van der Waals surface area (Å²) in [4.78, 5) is 27.1. The SMILES string of the molecule is CC1c2ccsc2CCN1C(=O)COc1ccc2ccc(=O)oc2c1. The largest absolute Gasteiger partial charge is 0.484 e. The fourth-order valence-corrected chi connectivity index (χ4v) is 4.17. The standard InChI is InChI=1S/C19H17NO4S/c1-12-15-7-9-25-17(15)6-8-20(12)18(21)11-23-14-4-2-13-3-5-19(22)24-16(13)10-14/h2-5,7,9-10,12H,6,8,11H2,1H3. The molecule has 1 atom stereocenters. The van der Waals surface area contributed by atoms with Crippen molar-refractivity contribution in [2.75, 3.05) is 13.2 Å². The Bertz CT molecular complexity index is 990. The van der Waals surface area contributed by atoms with Crippen molar-refractivity contribution in [2.45, 2.75) is 19.4 Å². The van der Waals surface area contributed by atoms with Crippen molar-refractivity contribution < 1.29 is 13.9 Å². The Morgan fingerprint density at radius 2 is 2.16 bits per heavy atom. The van der Waals surface area contributed by atoms with Gasteiger partial charge in [-0.1, -0.05) is 0 Å². The molecule has 4 rings (SSSR count). The molecule has 0 N–H and O–H groups in total. The van der Waals surface area contributed by atoms with Crippen molar-refractivity contribution in [3.05, 3.63) is 62.6 Å². The molecule has 128 valence electrons. The molecule has 0 radical (unpaired) electrons. The van der Waals surface area contributed by atoms with E-state index in [-0.39, 0.29) is 18.6 Å². The molecular weight excluding hydrogens is 338 g/mol. The van der Waals surface area contributed by atoms with Crippen LogP contribution >= 0.6 is 11.3 Å². The maximum atomic E-state index is 12.6. The number of hydrogen-bond donors (Lipinski definition) is 0. The predicted octanol–water partition coefficient (Wildman–Crippen LogP) is 3.38. The molecule has 25 heavy (non-hydrogen) atoms. The first-order valence-electron chi connectivity index (χ1n) is 8.14. The first-order valence-corrected chi connectivity index (χ1v) is 9.02. The monoisotopic (exact) mass is 355 g/mol. The van der Waals surface area contributed by atoms with Crippen LogP contribution in [0.1, 0.15) is 23.4 Å². The van der Waals surface area contributed by atoms with Crippen LogP contribution < -0.4 is 10.4 Å². The summed E-state index contributed by atoms with van der Waals surface area (Å²) in [6.07, 6.45) is 0.893. The summed E-state index contributed by atoms with van der Waals surface area (Å²) in [5.74, 6) is 0.468. The van der Waals surface area contributed by atoms with Gasteiger partial charge in [0, 0.05) is 28.9 Å². The van der Waals surface area contributed by atoms with Crippen LogP contribution in [-0.2, 0) is 11.2 Å². The Morgan fingerprint density at radius 3 is 3.04 bits per heavy atom. The summed E-state index contributed by atoms with van der Waals surface area (Å²) in [6.45, 7) is 2.73. The average molecular weight is 355 g/mol. The van der Waals surface area contributed by atoms with E-state index < -0.39 is 5.63 Å². The van der Waals surface area contributed by atoms with Crippen LogP contribution in [0.25, 0.3) is 11.0 Å². The molecular formula is C19H17NO4S. The summed E-state index contributed by atoms with van der Waals surface area (Å²) >= 11 is 1.75. The molecule has 6 heteroatoms. The lowest BCUT2D eigenvalue weighted by Crippen LogP contribution is -2.40. The summed E-state index contributed by atoms with van der Waals surface area (Å²) in [5.41, 5.74) is 1.28. The van der Waals surface area contributed by atoms with E-state index in [1.807, 2.05) is 11.8 Å². The van der Waals surface area contributed by atoms with Crippen molar-refractivity contribution in [1.82, 2.24) is 4.90 Å². The minimum Gasteiger partial charge on any atom is -0.484 e. The predicted molar refractivity (Wildman–Crippen MR) is 96.1 cm³/mol. The molecule has 0 spiro atoms. The van der Waals surface area contributed by atoms with Gasteiger partial charge in [0.2, 0.25) is 0 Å². The minimum atomic E-state index is -0.408. The minimum absolute atomic E-state index is 0.0353. The third kappa shape index (κ3) is 3.05.